The van der Waals surface area contributed by atoms with E-state index in [1.807, 2.05) is 52.5 Å². The summed E-state index contributed by atoms with van der Waals surface area (Å²) in [4.78, 5) is 4.20. The molecular weight excluding hydrogens is 292 g/mol. The predicted molar refractivity (Wildman–Crippen MR) is 91.9 cm³/mol. The van der Waals surface area contributed by atoms with Crippen molar-refractivity contribution in [2.45, 2.75) is 38.1 Å². The topological polar surface area (TPSA) is 34.2 Å². The molecule has 0 aromatic heterocycles. The van der Waals surface area contributed by atoms with Crippen LogP contribution < -0.4 is 9.47 Å². The van der Waals surface area contributed by atoms with Crippen molar-refractivity contribution < 1.29 is 14.2 Å². The molecular formula is C18H30N2O3. The molecule has 2 rings (SSSR count). The Kier molecular flexibility index (Phi) is 7.15. The lowest BCUT2D eigenvalue weighted by Gasteiger charge is -2.28. The molecule has 130 valence electrons. The van der Waals surface area contributed by atoms with Crippen molar-refractivity contribution in [1.82, 2.24) is 9.80 Å². The summed E-state index contributed by atoms with van der Waals surface area (Å²) >= 11 is 0. The Balaban J connectivity index is 2.15. The second-order valence-electron chi connectivity index (χ2n) is 6.44. The fourth-order valence-electron chi connectivity index (χ4n) is 2.60. The normalized spacial score (nSPS) is 23.9. The van der Waals surface area contributed by atoms with Crippen molar-refractivity contribution in [2.75, 3.05) is 41.4 Å². The van der Waals surface area contributed by atoms with Crippen molar-refractivity contribution in [3.05, 3.63) is 24.3 Å². The first-order valence-electron chi connectivity index (χ1n) is 8.40. The van der Waals surface area contributed by atoms with Crippen molar-refractivity contribution in [3.63, 3.8) is 0 Å². The molecule has 0 radical (unpaired) electrons. The van der Waals surface area contributed by atoms with E-state index in [0.717, 1.165) is 50.4 Å². The lowest BCUT2D eigenvalue weighted by Crippen LogP contribution is -2.34. The number of hydrogen-bond acceptors (Lipinski definition) is 5. The fourth-order valence-corrected chi connectivity index (χ4v) is 2.60. The van der Waals surface area contributed by atoms with Crippen molar-refractivity contribution in [3.8, 4) is 11.5 Å². The molecule has 1 aliphatic rings. The van der Waals surface area contributed by atoms with Crippen LogP contribution in [0.2, 0.25) is 0 Å². The Bertz CT molecular complexity index is 428. The molecule has 1 aliphatic heterocycles. The van der Waals surface area contributed by atoms with Crippen molar-refractivity contribution in [2.24, 2.45) is 0 Å². The smallest absolute Gasteiger partial charge is 0.152 e. The number of fused-ring (bicyclic) bond motifs is 2. The molecule has 2 bridgehead atoms. The summed E-state index contributed by atoms with van der Waals surface area (Å²) in [5, 5.41) is 0. The predicted octanol–water partition coefficient (Wildman–Crippen LogP) is 2.81. The molecule has 1 aromatic carbocycles. The van der Waals surface area contributed by atoms with Gasteiger partial charge in [0.25, 0.3) is 0 Å². The van der Waals surface area contributed by atoms with Crippen LogP contribution in [0.5, 0.6) is 11.5 Å². The molecule has 5 nitrogen and oxygen atoms in total. The van der Waals surface area contributed by atoms with E-state index in [0.29, 0.717) is 0 Å². The molecule has 0 N–H and O–H groups in total. The van der Waals surface area contributed by atoms with Gasteiger partial charge in [-0.15, -0.1) is 0 Å². The van der Waals surface area contributed by atoms with Gasteiger partial charge in [0.05, 0.1) is 0 Å². The van der Waals surface area contributed by atoms with Gasteiger partial charge in [0.15, 0.2) is 12.5 Å². The Morgan fingerprint density at radius 2 is 1.30 bits per heavy atom. The van der Waals surface area contributed by atoms with Crippen LogP contribution >= 0.6 is 0 Å². The summed E-state index contributed by atoms with van der Waals surface area (Å²) in [7, 11) is 8.16. The van der Waals surface area contributed by atoms with Crippen LogP contribution in [0.1, 0.15) is 25.7 Å². The first-order chi connectivity index (χ1) is 11.1. The van der Waals surface area contributed by atoms with Gasteiger partial charge in [-0.05, 0) is 53.2 Å². The van der Waals surface area contributed by atoms with Gasteiger partial charge in [0.1, 0.15) is 11.5 Å². The minimum absolute atomic E-state index is 0.0430. The molecule has 0 saturated heterocycles. The maximum absolute atomic E-state index is 6.13. The molecule has 0 amide bonds. The van der Waals surface area contributed by atoms with Gasteiger partial charge >= 0.3 is 0 Å². The number of rotatable bonds is 2. The third kappa shape index (κ3) is 6.01. The van der Waals surface area contributed by atoms with Gasteiger partial charge in [0.2, 0.25) is 0 Å². The third-order valence-corrected chi connectivity index (χ3v) is 3.98. The van der Waals surface area contributed by atoms with Crippen LogP contribution in [0.15, 0.2) is 24.3 Å². The van der Waals surface area contributed by atoms with Gasteiger partial charge < -0.3 is 14.2 Å². The van der Waals surface area contributed by atoms with Crippen LogP contribution in [0.25, 0.3) is 0 Å². The second kappa shape index (κ2) is 9.11. The number of nitrogens with zero attached hydrogens (tertiary/aromatic N) is 2. The van der Waals surface area contributed by atoms with E-state index in [4.69, 9.17) is 14.2 Å². The van der Waals surface area contributed by atoms with Crippen LogP contribution in [-0.4, -0.2) is 63.7 Å². The first kappa shape index (κ1) is 18.0. The summed E-state index contributed by atoms with van der Waals surface area (Å²) < 4.78 is 18.0. The largest absolute Gasteiger partial charge is 0.475 e. The van der Waals surface area contributed by atoms with E-state index in [1.165, 1.54) is 0 Å². The van der Waals surface area contributed by atoms with Crippen LogP contribution in [0.4, 0.5) is 0 Å². The minimum Gasteiger partial charge on any atom is -0.475 e. The zero-order chi connectivity index (χ0) is 16.7. The molecule has 2 atom stereocenters. The number of ether oxygens (including phenoxy) is 3. The van der Waals surface area contributed by atoms with Crippen molar-refractivity contribution in [1.29, 1.82) is 0 Å². The summed E-state index contributed by atoms with van der Waals surface area (Å²) in [6.07, 6.45) is 3.96. The zero-order valence-corrected chi connectivity index (χ0v) is 14.8. The Morgan fingerprint density at radius 3 is 1.74 bits per heavy atom. The van der Waals surface area contributed by atoms with Gasteiger partial charge in [-0.3, -0.25) is 9.80 Å². The summed E-state index contributed by atoms with van der Waals surface area (Å²) in [6, 6.07) is 7.93. The van der Waals surface area contributed by atoms with E-state index in [2.05, 4.69) is 9.80 Å². The summed E-state index contributed by atoms with van der Waals surface area (Å²) in [5.41, 5.74) is 0. The van der Waals surface area contributed by atoms with E-state index >= 15 is 0 Å². The average molecular weight is 322 g/mol. The first-order valence-corrected chi connectivity index (χ1v) is 8.40. The maximum atomic E-state index is 6.13. The molecule has 1 heterocycles. The molecule has 0 spiro atoms. The van der Waals surface area contributed by atoms with Crippen LogP contribution in [-0.2, 0) is 4.74 Å². The fraction of sp³-hybridized carbons (Fsp3) is 0.667. The average Bonchev–Trinajstić information content (AvgIpc) is 2.51. The monoisotopic (exact) mass is 322 g/mol. The Hall–Kier alpha value is -1.30. The zero-order valence-electron chi connectivity index (χ0n) is 14.8. The third-order valence-electron chi connectivity index (χ3n) is 3.98. The van der Waals surface area contributed by atoms with Crippen molar-refractivity contribution >= 4 is 0 Å². The molecule has 23 heavy (non-hydrogen) atoms. The van der Waals surface area contributed by atoms with Gasteiger partial charge in [0, 0.05) is 32.1 Å². The molecule has 1 aromatic rings. The highest BCUT2D eigenvalue weighted by atomic mass is 16.5. The van der Waals surface area contributed by atoms with E-state index in [9.17, 15) is 0 Å². The number of benzene rings is 1. The van der Waals surface area contributed by atoms with Crippen LogP contribution in [0, 0.1) is 0 Å². The van der Waals surface area contributed by atoms with Gasteiger partial charge in [-0.2, -0.15) is 0 Å². The SMILES string of the molecule is CN(C)C1CCCOCCCC(N(C)C)Oc2cccc(c2)O1. The van der Waals surface area contributed by atoms with E-state index in [-0.39, 0.29) is 12.5 Å². The summed E-state index contributed by atoms with van der Waals surface area (Å²) in [5.74, 6) is 1.69. The highest BCUT2D eigenvalue weighted by molar-refractivity contribution is 5.33. The van der Waals surface area contributed by atoms with E-state index in [1.54, 1.807) is 0 Å². The molecule has 0 aliphatic carbocycles. The summed E-state index contributed by atoms with van der Waals surface area (Å²) in [6.45, 7) is 1.56. The van der Waals surface area contributed by atoms with E-state index < -0.39 is 0 Å². The Labute approximate surface area is 140 Å². The molecule has 2 unspecified atom stereocenters. The Morgan fingerprint density at radius 1 is 0.826 bits per heavy atom. The minimum atomic E-state index is 0.0430. The molecule has 5 heteroatoms. The standard InChI is InChI=1S/C18H30N2O3/c1-19(2)17-10-6-12-21-13-7-11-18(20(3)4)23-16-9-5-8-15(14-16)22-17/h5,8-9,14,17-18H,6-7,10-13H2,1-4H3. The maximum Gasteiger partial charge on any atom is 0.152 e. The highest BCUT2D eigenvalue weighted by Crippen LogP contribution is 2.24. The highest BCUT2D eigenvalue weighted by Gasteiger charge is 2.16. The second-order valence-corrected chi connectivity index (χ2v) is 6.44. The lowest BCUT2D eigenvalue weighted by atomic mass is 10.2. The van der Waals surface area contributed by atoms with Gasteiger partial charge in [-0.1, -0.05) is 6.07 Å². The molecule has 0 saturated carbocycles. The molecule has 0 fully saturated rings. The lowest BCUT2D eigenvalue weighted by molar-refractivity contribution is 0.0278. The number of hydrogen-bond donors (Lipinski definition) is 0. The van der Waals surface area contributed by atoms with Crippen LogP contribution in [0.3, 0.4) is 0 Å². The van der Waals surface area contributed by atoms with Gasteiger partial charge in [-0.25, -0.2) is 0 Å². The quantitative estimate of drug-likeness (QED) is 0.836.